The lowest BCUT2D eigenvalue weighted by atomic mass is 10.2. The van der Waals surface area contributed by atoms with E-state index in [4.69, 9.17) is 11.5 Å². The zero-order chi connectivity index (χ0) is 16.4. The van der Waals surface area contributed by atoms with E-state index in [1.165, 1.54) is 5.56 Å². The monoisotopic (exact) mass is 313 g/mol. The van der Waals surface area contributed by atoms with E-state index in [0.717, 1.165) is 49.8 Å². The molecule has 1 aliphatic rings. The Hall–Kier alpha value is -2.57. The molecule has 0 atom stereocenters. The molecule has 0 spiro atoms. The summed E-state index contributed by atoms with van der Waals surface area (Å²) in [6.45, 7) is 7.61. The summed E-state index contributed by atoms with van der Waals surface area (Å²) in [5, 5.41) is 0. The van der Waals surface area contributed by atoms with E-state index in [2.05, 4.69) is 43.8 Å². The van der Waals surface area contributed by atoms with Gasteiger partial charge < -0.3 is 21.3 Å². The highest BCUT2D eigenvalue weighted by atomic mass is 15.3. The largest absolute Gasteiger partial charge is 0.382 e. The quantitative estimate of drug-likeness (QED) is 0.879. The predicted octanol–water partition coefficient (Wildman–Crippen LogP) is 1.23. The first kappa shape index (κ1) is 15.3. The van der Waals surface area contributed by atoms with Gasteiger partial charge in [-0.15, -0.1) is 0 Å². The fraction of sp³-hybridized carbons (Fsp3) is 0.438. The molecule has 0 amide bonds. The van der Waals surface area contributed by atoms with Crippen molar-refractivity contribution in [2.75, 3.05) is 47.4 Å². The highest BCUT2D eigenvalue weighted by Crippen LogP contribution is 2.28. The molecule has 7 nitrogen and oxygen atoms in total. The van der Waals surface area contributed by atoms with Gasteiger partial charge in [-0.25, -0.2) is 9.97 Å². The summed E-state index contributed by atoms with van der Waals surface area (Å²) in [5.41, 5.74) is 14.8. The molecule has 2 aromatic heterocycles. The Labute approximate surface area is 136 Å². The van der Waals surface area contributed by atoms with Gasteiger partial charge in [-0.05, 0) is 25.0 Å². The molecule has 0 radical (unpaired) electrons. The average molecular weight is 313 g/mol. The number of hydrogen-bond acceptors (Lipinski definition) is 7. The molecule has 122 valence electrons. The number of rotatable bonds is 3. The molecule has 3 heterocycles. The fourth-order valence-corrected chi connectivity index (χ4v) is 2.94. The van der Waals surface area contributed by atoms with E-state index in [0.29, 0.717) is 5.82 Å². The van der Waals surface area contributed by atoms with Gasteiger partial charge in [0, 0.05) is 32.4 Å². The average Bonchev–Trinajstić information content (AvgIpc) is 2.55. The molecule has 3 rings (SSSR count). The van der Waals surface area contributed by atoms with Crippen molar-refractivity contribution < 1.29 is 0 Å². The number of nitrogens with two attached hydrogens (primary N) is 2. The first-order valence-electron chi connectivity index (χ1n) is 7.93. The Morgan fingerprint density at radius 1 is 1.04 bits per heavy atom. The molecule has 0 aliphatic carbocycles. The lowest BCUT2D eigenvalue weighted by molar-refractivity contribution is 0.643. The van der Waals surface area contributed by atoms with Crippen molar-refractivity contribution >= 4 is 23.3 Å². The molecule has 0 saturated carbocycles. The fourth-order valence-electron chi connectivity index (χ4n) is 2.94. The molecule has 0 bridgehead atoms. The van der Waals surface area contributed by atoms with Crippen LogP contribution in [0.15, 0.2) is 18.3 Å². The Bertz CT molecular complexity index is 676. The number of nitrogens with zero attached hydrogens (tertiary/aromatic N) is 5. The number of anilines is 4. The number of piperazine rings is 1. The lowest BCUT2D eigenvalue weighted by Crippen LogP contribution is -2.47. The summed E-state index contributed by atoms with van der Waals surface area (Å²) in [4.78, 5) is 17.5. The van der Waals surface area contributed by atoms with Gasteiger partial charge >= 0.3 is 0 Å². The molecule has 7 heteroatoms. The SMILES string of the molecule is CCc1nc(N)nc(N)c1N1CCN(c2ccc(C)cn2)CC1. The molecule has 1 aliphatic heterocycles. The highest BCUT2D eigenvalue weighted by molar-refractivity contribution is 5.68. The molecular formula is C16H23N7. The van der Waals surface area contributed by atoms with Crippen LogP contribution in [0, 0.1) is 6.92 Å². The smallest absolute Gasteiger partial charge is 0.222 e. The number of aryl methyl sites for hydroxylation is 2. The van der Waals surface area contributed by atoms with Crippen molar-refractivity contribution in [3.8, 4) is 0 Å². The highest BCUT2D eigenvalue weighted by Gasteiger charge is 2.23. The van der Waals surface area contributed by atoms with Gasteiger partial charge in [-0.1, -0.05) is 13.0 Å². The van der Waals surface area contributed by atoms with Gasteiger partial charge in [0.1, 0.15) is 11.5 Å². The first-order chi connectivity index (χ1) is 11.1. The van der Waals surface area contributed by atoms with E-state index >= 15 is 0 Å². The second-order valence-electron chi connectivity index (χ2n) is 5.78. The van der Waals surface area contributed by atoms with Gasteiger partial charge in [0.25, 0.3) is 0 Å². The summed E-state index contributed by atoms with van der Waals surface area (Å²) < 4.78 is 0. The van der Waals surface area contributed by atoms with Gasteiger partial charge in [-0.2, -0.15) is 4.98 Å². The van der Waals surface area contributed by atoms with Crippen molar-refractivity contribution in [3.63, 3.8) is 0 Å². The van der Waals surface area contributed by atoms with E-state index in [1.54, 1.807) is 0 Å². The van der Waals surface area contributed by atoms with Crippen molar-refractivity contribution in [3.05, 3.63) is 29.6 Å². The Morgan fingerprint density at radius 3 is 2.35 bits per heavy atom. The van der Waals surface area contributed by atoms with E-state index in [9.17, 15) is 0 Å². The first-order valence-corrected chi connectivity index (χ1v) is 7.93. The molecule has 2 aromatic rings. The van der Waals surface area contributed by atoms with Crippen LogP contribution in [0.2, 0.25) is 0 Å². The van der Waals surface area contributed by atoms with Crippen molar-refractivity contribution in [1.29, 1.82) is 0 Å². The minimum absolute atomic E-state index is 0.241. The minimum Gasteiger partial charge on any atom is -0.382 e. The lowest BCUT2D eigenvalue weighted by Gasteiger charge is -2.37. The molecule has 0 unspecified atom stereocenters. The summed E-state index contributed by atoms with van der Waals surface area (Å²) in [5.74, 6) is 1.73. The van der Waals surface area contributed by atoms with Crippen LogP contribution in [0.3, 0.4) is 0 Å². The molecule has 1 saturated heterocycles. The third-order valence-corrected chi connectivity index (χ3v) is 4.15. The molecule has 23 heavy (non-hydrogen) atoms. The third-order valence-electron chi connectivity index (χ3n) is 4.15. The summed E-state index contributed by atoms with van der Waals surface area (Å²) in [6, 6.07) is 4.17. The Balaban J connectivity index is 1.75. The summed E-state index contributed by atoms with van der Waals surface area (Å²) in [6.07, 6.45) is 2.69. The van der Waals surface area contributed by atoms with Crippen LogP contribution in [0.5, 0.6) is 0 Å². The Morgan fingerprint density at radius 2 is 1.74 bits per heavy atom. The summed E-state index contributed by atoms with van der Waals surface area (Å²) in [7, 11) is 0. The normalized spacial score (nSPS) is 15.0. The van der Waals surface area contributed by atoms with Crippen LogP contribution in [0.4, 0.5) is 23.3 Å². The van der Waals surface area contributed by atoms with E-state index in [-0.39, 0.29) is 5.95 Å². The topological polar surface area (TPSA) is 97.2 Å². The van der Waals surface area contributed by atoms with Crippen molar-refractivity contribution in [2.24, 2.45) is 0 Å². The van der Waals surface area contributed by atoms with Crippen LogP contribution >= 0.6 is 0 Å². The maximum Gasteiger partial charge on any atom is 0.222 e. The zero-order valence-corrected chi connectivity index (χ0v) is 13.7. The minimum atomic E-state index is 0.241. The van der Waals surface area contributed by atoms with Gasteiger partial charge in [0.2, 0.25) is 5.95 Å². The van der Waals surface area contributed by atoms with Crippen LogP contribution in [-0.2, 0) is 6.42 Å². The van der Waals surface area contributed by atoms with Crippen molar-refractivity contribution in [2.45, 2.75) is 20.3 Å². The predicted molar refractivity (Wildman–Crippen MR) is 93.6 cm³/mol. The van der Waals surface area contributed by atoms with Gasteiger partial charge in [0.15, 0.2) is 5.82 Å². The number of aromatic nitrogens is 3. The third kappa shape index (κ3) is 3.13. The van der Waals surface area contributed by atoms with Crippen LogP contribution in [0.25, 0.3) is 0 Å². The molecule has 0 aromatic carbocycles. The molecule has 4 N–H and O–H groups in total. The maximum atomic E-state index is 6.09. The second-order valence-corrected chi connectivity index (χ2v) is 5.78. The molecular weight excluding hydrogens is 290 g/mol. The maximum absolute atomic E-state index is 6.09. The van der Waals surface area contributed by atoms with Crippen LogP contribution in [0.1, 0.15) is 18.2 Å². The van der Waals surface area contributed by atoms with Crippen LogP contribution in [-0.4, -0.2) is 41.1 Å². The zero-order valence-electron chi connectivity index (χ0n) is 13.7. The molecule has 1 fully saturated rings. The van der Waals surface area contributed by atoms with E-state index < -0.39 is 0 Å². The van der Waals surface area contributed by atoms with Gasteiger partial charge in [0.05, 0.1) is 5.69 Å². The second kappa shape index (κ2) is 6.28. The number of pyridine rings is 1. The number of hydrogen-bond donors (Lipinski definition) is 2. The summed E-state index contributed by atoms with van der Waals surface area (Å²) >= 11 is 0. The number of nitrogen functional groups attached to an aromatic ring is 2. The van der Waals surface area contributed by atoms with E-state index in [1.807, 2.05) is 13.1 Å². The van der Waals surface area contributed by atoms with Crippen molar-refractivity contribution in [1.82, 2.24) is 15.0 Å². The standard InChI is InChI=1S/C16H23N7/c1-3-12-14(15(17)21-16(18)20-12)23-8-6-22(7-9-23)13-5-4-11(2)10-19-13/h4-5,10H,3,6-9H2,1-2H3,(H4,17,18,20,21). The van der Waals surface area contributed by atoms with Crippen LogP contribution < -0.4 is 21.3 Å². The Kier molecular flexibility index (Phi) is 4.18. The van der Waals surface area contributed by atoms with Gasteiger partial charge in [-0.3, -0.25) is 0 Å².